The Balaban J connectivity index is 1.20. The lowest BCUT2D eigenvalue weighted by Crippen LogP contribution is -2.61. The molecule has 0 N–H and O–H groups in total. The number of nitrogens with zero attached hydrogens (tertiary/aromatic N) is 2. The van der Waals surface area contributed by atoms with Crippen molar-refractivity contribution in [1.82, 2.24) is 0 Å². The summed E-state index contributed by atoms with van der Waals surface area (Å²) in [7, 11) is 0. The molecule has 3 heterocycles. The third-order valence-electron chi connectivity index (χ3n) is 20.9. The molecule has 1 saturated carbocycles. The molecule has 14 rings (SSSR count). The maximum absolute atomic E-state index is 2.79. The molecule has 2 nitrogen and oxygen atoms in total. The lowest BCUT2D eigenvalue weighted by molar-refractivity contribution is 0.188. The number of hydrogen-bond acceptors (Lipinski definition) is 3. The molecule has 5 aliphatic carbocycles. The van der Waals surface area contributed by atoms with Crippen LogP contribution < -0.4 is 26.2 Å². The van der Waals surface area contributed by atoms with E-state index in [9.17, 15) is 0 Å². The second-order valence-electron chi connectivity index (χ2n) is 29.1. The van der Waals surface area contributed by atoms with Gasteiger partial charge in [-0.15, -0.1) is 11.3 Å². The van der Waals surface area contributed by atoms with Gasteiger partial charge in [0.2, 0.25) is 0 Å². The highest BCUT2D eigenvalue weighted by atomic mass is 32.1. The molecule has 0 unspecified atom stereocenters. The quantitative estimate of drug-likeness (QED) is 0.163. The molecule has 0 spiro atoms. The Bertz CT molecular complexity index is 3570. The lowest BCUT2D eigenvalue weighted by Gasteiger charge is -2.52. The molecule has 4 heteroatoms. The topological polar surface area (TPSA) is 6.48 Å². The minimum atomic E-state index is -0.0308. The number of aryl methyl sites for hydroxylation is 4. The van der Waals surface area contributed by atoms with Crippen LogP contribution in [0.3, 0.4) is 0 Å². The normalized spacial score (nSPS) is 23.2. The maximum atomic E-state index is 2.79. The van der Waals surface area contributed by atoms with Crippen LogP contribution >= 0.6 is 11.3 Å². The first kappa shape index (κ1) is 48.6. The van der Waals surface area contributed by atoms with Crippen LogP contribution in [0.1, 0.15) is 203 Å². The van der Waals surface area contributed by atoms with Crippen molar-refractivity contribution in [3.05, 3.63) is 146 Å². The molecule has 0 saturated heterocycles. The lowest BCUT2D eigenvalue weighted by atomic mass is 9.33. The number of fused-ring (bicyclic) bond motifs is 10. The van der Waals surface area contributed by atoms with E-state index in [0.717, 1.165) is 0 Å². The third-order valence-corrected chi connectivity index (χ3v) is 22.1. The molecular formula is C70H81BN2S. The molecule has 1 fully saturated rings. The zero-order valence-corrected chi connectivity index (χ0v) is 48.9. The Morgan fingerprint density at radius 1 is 0.459 bits per heavy atom. The predicted molar refractivity (Wildman–Crippen MR) is 323 cm³/mol. The van der Waals surface area contributed by atoms with E-state index in [0.29, 0.717) is 0 Å². The summed E-state index contributed by atoms with van der Waals surface area (Å²) in [6.07, 6.45) is 9.89. The molecule has 7 aromatic rings. The van der Waals surface area contributed by atoms with Gasteiger partial charge in [0.1, 0.15) is 0 Å². The summed E-state index contributed by atoms with van der Waals surface area (Å²) in [6.45, 7) is 41.6. The van der Waals surface area contributed by atoms with Crippen molar-refractivity contribution in [3.63, 3.8) is 0 Å². The van der Waals surface area contributed by atoms with Crippen LogP contribution in [0, 0.1) is 27.7 Å². The summed E-state index contributed by atoms with van der Waals surface area (Å²) in [5.74, 6) is 0. The van der Waals surface area contributed by atoms with Crippen LogP contribution in [0.2, 0.25) is 0 Å². The van der Waals surface area contributed by atoms with Crippen LogP contribution in [-0.2, 0) is 37.9 Å². The predicted octanol–water partition coefficient (Wildman–Crippen LogP) is 18.0. The standard InChI is InChI=1S/C70H81BN2S/c1-40-30-42(3)60(43(4)31-40)44-33-57-62-58(34-44)73(56-38-51-49(32-41(56)2)66(10,11)24-25-68(51,14)15)55-21-18-45(64(5,6)7)35-54(55)71(62)61-47-37-52-53(70(17)28-26-69(52,16)27-29-70)39-59(47)74-63(61)72(57)46-19-20-48-50(36-46)67(12,13)23-22-65(48,8)9/h18-21,30-39H,22-29H2,1-17H3. The summed E-state index contributed by atoms with van der Waals surface area (Å²) in [5.41, 5.74) is 30.4. The first-order valence-corrected chi connectivity index (χ1v) is 29.4. The molecule has 0 radical (unpaired) electrons. The van der Waals surface area contributed by atoms with Crippen molar-refractivity contribution >= 4 is 78.0 Å². The molecule has 6 aromatic carbocycles. The van der Waals surface area contributed by atoms with Crippen molar-refractivity contribution in [2.24, 2.45) is 0 Å². The van der Waals surface area contributed by atoms with Crippen LogP contribution in [-0.4, -0.2) is 6.71 Å². The Morgan fingerprint density at radius 2 is 1.00 bits per heavy atom. The van der Waals surface area contributed by atoms with Crippen molar-refractivity contribution in [2.75, 3.05) is 9.80 Å². The van der Waals surface area contributed by atoms with Crippen molar-refractivity contribution < 1.29 is 0 Å². The Kier molecular flexibility index (Phi) is 10.1. The number of rotatable bonds is 3. The van der Waals surface area contributed by atoms with E-state index in [1.807, 2.05) is 0 Å². The van der Waals surface area contributed by atoms with Gasteiger partial charge in [-0.3, -0.25) is 0 Å². The van der Waals surface area contributed by atoms with Crippen molar-refractivity contribution in [1.29, 1.82) is 0 Å². The fourth-order valence-electron chi connectivity index (χ4n) is 15.9. The number of anilines is 6. The second kappa shape index (κ2) is 15.3. The van der Waals surface area contributed by atoms with Gasteiger partial charge in [0.25, 0.3) is 6.71 Å². The van der Waals surface area contributed by atoms with Gasteiger partial charge in [0.05, 0.1) is 5.00 Å². The molecular weight excluding hydrogens is 912 g/mol. The van der Waals surface area contributed by atoms with Crippen LogP contribution in [0.4, 0.5) is 33.4 Å². The van der Waals surface area contributed by atoms with Gasteiger partial charge in [0.15, 0.2) is 0 Å². The SMILES string of the molecule is Cc1cc(C)c(-c2cc3c4c(c2)N(c2ccc5c(c2)C(C)(C)CCC5(C)C)c2sc5cc6c(cc5c2B4c2cc(C(C)(C)C)ccc2N3c2cc3c(cc2C)C(C)(C)CCC3(C)C)C2(C)CCC6(C)CC2)c(C)c1. The first-order chi connectivity index (χ1) is 34.6. The average molecular weight is 993 g/mol. The smallest absolute Gasteiger partial charge is 0.254 e. The van der Waals surface area contributed by atoms with E-state index in [1.54, 1.807) is 11.1 Å². The zero-order chi connectivity index (χ0) is 52.4. The molecule has 2 aliphatic heterocycles. The fourth-order valence-corrected chi connectivity index (χ4v) is 17.2. The van der Waals surface area contributed by atoms with Gasteiger partial charge in [-0.1, -0.05) is 132 Å². The maximum Gasteiger partial charge on any atom is 0.254 e. The summed E-state index contributed by atoms with van der Waals surface area (Å²) in [5, 5.41) is 2.86. The fraction of sp³-hybridized carbons (Fsp3) is 0.457. The number of benzene rings is 6. The van der Waals surface area contributed by atoms with E-state index in [-0.39, 0.29) is 44.6 Å². The molecule has 1 aromatic heterocycles. The van der Waals surface area contributed by atoms with Crippen molar-refractivity contribution in [3.8, 4) is 11.1 Å². The van der Waals surface area contributed by atoms with Gasteiger partial charge in [-0.2, -0.15) is 0 Å². The van der Waals surface area contributed by atoms with Gasteiger partial charge < -0.3 is 9.80 Å². The van der Waals surface area contributed by atoms with E-state index in [2.05, 4.69) is 224 Å². The minimum Gasteiger partial charge on any atom is -0.311 e. The zero-order valence-electron chi connectivity index (χ0n) is 48.1. The van der Waals surface area contributed by atoms with E-state index in [4.69, 9.17) is 0 Å². The van der Waals surface area contributed by atoms with Gasteiger partial charge in [-0.05, 0) is 254 Å². The van der Waals surface area contributed by atoms with Crippen LogP contribution in [0.5, 0.6) is 0 Å². The second-order valence-corrected chi connectivity index (χ2v) is 30.1. The molecule has 2 bridgehead atoms. The first-order valence-electron chi connectivity index (χ1n) is 28.5. The van der Waals surface area contributed by atoms with Gasteiger partial charge >= 0.3 is 0 Å². The van der Waals surface area contributed by atoms with E-state index >= 15 is 0 Å². The Hall–Kier alpha value is -5.06. The summed E-state index contributed by atoms with van der Waals surface area (Å²) < 4.78 is 1.45. The van der Waals surface area contributed by atoms with Crippen molar-refractivity contribution in [2.45, 2.75) is 207 Å². The summed E-state index contributed by atoms with van der Waals surface area (Å²) in [6, 6.07) is 36.1. The third kappa shape index (κ3) is 6.80. The van der Waals surface area contributed by atoms with E-state index in [1.165, 1.54) is 172 Å². The van der Waals surface area contributed by atoms with Gasteiger partial charge in [0, 0.05) is 33.1 Å². The van der Waals surface area contributed by atoms with Gasteiger partial charge in [-0.25, -0.2) is 0 Å². The molecule has 7 aliphatic rings. The average Bonchev–Trinajstić information content (AvgIpc) is 3.74. The highest BCUT2D eigenvalue weighted by Gasteiger charge is 2.51. The highest BCUT2D eigenvalue weighted by Crippen LogP contribution is 2.59. The number of hydrogen-bond donors (Lipinski definition) is 0. The number of thiophene rings is 1. The van der Waals surface area contributed by atoms with Crippen LogP contribution in [0.15, 0.2) is 84.9 Å². The van der Waals surface area contributed by atoms with Crippen LogP contribution in [0.25, 0.3) is 21.2 Å². The van der Waals surface area contributed by atoms with E-state index < -0.39 is 0 Å². The molecule has 0 amide bonds. The minimum absolute atomic E-state index is 0.0308. The Morgan fingerprint density at radius 3 is 1.59 bits per heavy atom. The summed E-state index contributed by atoms with van der Waals surface area (Å²) >= 11 is 2.07. The Labute approximate surface area is 449 Å². The summed E-state index contributed by atoms with van der Waals surface area (Å²) in [4.78, 5) is 5.54. The molecule has 0 atom stereocenters. The highest BCUT2D eigenvalue weighted by molar-refractivity contribution is 7.26. The molecule has 380 valence electrons. The molecule has 74 heavy (non-hydrogen) atoms. The monoisotopic (exact) mass is 993 g/mol. The largest absolute Gasteiger partial charge is 0.311 e.